The summed E-state index contributed by atoms with van der Waals surface area (Å²) in [6, 6.07) is 2.99. The van der Waals surface area contributed by atoms with Crippen molar-refractivity contribution in [2.75, 3.05) is 6.61 Å². The maximum absolute atomic E-state index is 14.0. The normalized spacial score (nSPS) is 22.5. The molecule has 0 aromatic heterocycles. The van der Waals surface area contributed by atoms with Crippen LogP contribution in [0.1, 0.15) is 50.1 Å². The van der Waals surface area contributed by atoms with E-state index < -0.39 is 17.7 Å². The Morgan fingerprint density at radius 1 is 1.32 bits per heavy atom. The molecule has 2 aliphatic rings. The summed E-state index contributed by atoms with van der Waals surface area (Å²) in [5.74, 6) is -0.840. The summed E-state index contributed by atoms with van der Waals surface area (Å²) in [6.45, 7) is 0.769. The van der Waals surface area contributed by atoms with Gasteiger partial charge in [-0.25, -0.2) is 8.78 Å². The van der Waals surface area contributed by atoms with Crippen LogP contribution >= 0.6 is 0 Å². The molecule has 2 atom stereocenters. The van der Waals surface area contributed by atoms with Crippen LogP contribution in [-0.4, -0.2) is 18.6 Å². The van der Waals surface area contributed by atoms with Crippen molar-refractivity contribution < 1.29 is 18.3 Å². The lowest BCUT2D eigenvalue weighted by atomic mass is 10.0. The second kappa shape index (κ2) is 6.73. The SMILES string of the molecule is O=C(CC[C@H]1CCCO1)N[C@@H](c1cc(F)ccc1F)C1CC1. The zero-order chi connectivity index (χ0) is 15.5. The number of rotatable bonds is 6. The number of halogens is 2. The second-order valence-electron chi connectivity index (χ2n) is 6.22. The van der Waals surface area contributed by atoms with Crippen LogP contribution in [0.4, 0.5) is 8.78 Å². The first kappa shape index (κ1) is 15.4. The molecular weight excluding hydrogens is 288 g/mol. The highest BCUT2D eigenvalue weighted by atomic mass is 19.1. The summed E-state index contributed by atoms with van der Waals surface area (Å²) in [5, 5.41) is 2.89. The number of ether oxygens (including phenoxy) is 1. The van der Waals surface area contributed by atoms with Crippen LogP contribution < -0.4 is 5.32 Å². The molecule has 1 saturated carbocycles. The maximum Gasteiger partial charge on any atom is 0.220 e. The Bertz CT molecular complexity index is 539. The van der Waals surface area contributed by atoms with Crippen molar-refractivity contribution in [1.82, 2.24) is 5.32 Å². The van der Waals surface area contributed by atoms with Crippen molar-refractivity contribution in [2.45, 2.75) is 50.7 Å². The van der Waals surface area contributed by atoms with E-state index in [0.717, 1.165) is 44.4 Å². The van der Waals surface area contributed by atoms with Gasteiger partial charge < -0.3 is 10.1 Å². The largest absolute Gasteiger partial charge is 0.378 e. The standard InChI is InChI=1S/C17H21F2NO2/c18-12-5-7-15(19)14(10-12)17(11-3-4-11)20-16(21)8-6-13-2-1-9-22-13/h5,7,10-11,13,17H,1-4,6,8-9H2,(H,20,21)/t13-,17-/m1/s1. The third-order valence-corrected chi connectivity index (χ3v) is 4.42. The predicted molar refractivity (Wildman–Crippen MR) is 78.2 cm³/mol. The molecule has 5 heteroatoms. The van der Waals surface area contributed by atoms with Crippen LogP contribution in [-0.2, 0) is 9.53 Å². The van der Waals surface area contributed by atoms with E-state index in [9.17, 15) is 13.6 Å². The lowest BCUT2D eigenvalue weighted by Crippen LogP contribution is -2.31. The van der Waals surface area contributed by atoms with Gasteiger partial charge in [0.05, 0.1) is 12.1 Å². The van der Waals surface area contributed by atoms with Gasteiger partial charge in [0.2, 0.25) is 5.91 Å². The van der Waals surface area contributed by atoms with Crippen molar-refractivity contribution in [3.8, 4) is 0 Å². The Morgan fingerprint density at radius 3 is 2.82 bits per heavy atom. The minimum Gasteiger partial charge on any atom is -0.378 e. The Balaban J connectivity index is 1.61. The fraction of sp³-hybridized carbons (Fsp3) is 0.588. The molecule has 1 aromatic rings. The molecule has 22 heavy (non-hydrogen) atoms. The lowest BCUT2D eigenvalue weighted by molar-refractivity contribution is -0.122. The van der Waals surface area contributed by atoms with Crippen LogP contribution in [0.15, 0.2) is 18.2 Å². The smallest absolute Gasteiger partial charge is 0.220 e. The molecule has 1 heterocycles. The molecule has 1 aromatic carbocycles. The quantitative estimate of drug-likeness (QED) is 0.873. The molecular formula is C17H21F2NO2. The van der Waals surface area contributed by atoms with Crippen molar-refractivity contribution in [3.63, 3.8) is 0 Å². The predicted octanol–water partition coefficient (Wildman–Crippen LogP) is 3.49. The summed E-state index contributed by atoms with van der Waals surface area (Å²) in [4.78, 5) is 12.1. The van der Waals surface area contributed by atoms with Gasteiger partial charge in [0, 0.05) is 18.6 Å². The van der Waals surface area contributed by atoms with Crippen LogP contribution in [0.3, 0.4) is 0 Å². The first-order valence-electron chi connectivity index (χ1n) is 7.99. The van der Waals surface area contributed by atoms with Crippen LogP contribution in [0.25, 0.3) is 0 Å². The van der Waals surface area contributed by atoms with Crippen LogP contribution in [0, 0.1) is 17.6 Å². The third-order valence-electron chi connectivity index (χ3n) is 4.42. The van der Waals surface area contributed by atoms with Crippen LogP contribution in [0.2, 0.25) is 0 Å². The van der Waals surface area contributed by atoms with Gasteiger partial charge in [-0.3, -0.25) is 4.79 Å². The van der Waals surface area contributed by atoms with Gasteiger partial charge in [-0.15, -0.1) is 0 Å². The van der Waals surface area contributed by atoms with Gasteiger partial charge in [-0.05, 0) is 56.2 Å². The molecule has 3 rings (SSSR count). The maximum atomic E-state index is 14.0. The summed E-state index contributed by atoms with van der Waals surface area (Å²) in [7, 11) is 0. The molecule has 1 amide bonds. The van der Waals surface area contributed by atoms with E-state index in [0.29, 0.717) is 12.8 Å². The molecule has 0 unspecified atom stereocenters. The Kier molecular flexibility index (Phi) is 4.71. The van der Waals surface area contributed by atoms with Crippen molar-refractivity contribution >= 4 is 5.91 Å². The fourth-order valence-electron chi connectivity index (χ4n) is 3.04. The Labute approximate surface area is 129 Å². The number of benzene rings is 1. The topological polar surface area (TPSA) is 38.3 Å². The fourth-order valence-corrected chi connectivity index (χ4v) is 3.04. The van der Waals surface area contributed by atoms with Gasteiger partial charge in [-0.2, -0.15) is 0 Å². The molecule has 0 spiro atoms. The first-order valence-corrected chi connectivity index (χ1v) is 7.99. The summed E-state index contributed by atoms with van der Waals surface area (Å²) < 4.78 is 32.8. The first-order chi connectivity index (χ1) is 10.6. The molecule has 0 bridgehead atoms. The van der Waals surface area contributed by atoms with Gasteiger partial charge >= 0.3 is 0 Å². The van der Waals surface area contributed by atoms with E-state index in [2.05, 4.69) is 5.32 Å². The molecule has 2 fully saturated rings. The summed E-state index contributed by atoms with van der Waals surface area (Å²) in [5.41, 5.74) is 0.257. The number of hydrogen-bond donors (Lipinski definition) is 1. The number of hydrogen-bond acceptors (Lipinski definition) is 2. The zero-order valence-corrected chi connectivity index (χ0v) is 12.5. The van der Waals surface area contributed by atoms with Gasteiger partial charge in [0.1, 0.15) is 11.6 Å². The molecule has 0 radical (unpaired) electrons. The van der Waals surface area contributed by atoms with E-state index in [1.807, 2.05) is 0 Å². The number of nitrogens with one attached hydrogen (secondary N) is 1. The lowest BCUT2D eigenvalue weighted by Gasteiger charge is -2.20. The minimum atomic E-state index is -0.476. The van der Waals surface area contributed by atoms with Crippen molar-refractivity contribution in [3.05, 3.63) is 35.4 Å². The molecule has 1 aliphatic heterocycles. The number of carbonyl (C=O) groups is 1. The van der Waals surface area contributed by atoms with E-state index in [4.69, 9.17) is 4.74 Å². The van der Waals surface area contributed by atoms with Gasteiger partial charge in [0.15, 0.2) is 0 Å². The monoisotopic (exact) mass is 309 g/mol. The number of carbonyl (C=O) groups excluding carboxylic acids is 1. The van der Waals surface area contributed by atoms with Crippen molar-refractivity contribution in [2.24, 2.45) is 5.92 Å². The Morgan fingerprint density at radius 2 is 2.14 bits per heavy atom. The van der Waals surface area contributed by atoms with Gasteiger partial charge in [0.25, 0.3) is 0 Å². The average Bonchev–Trinajstić information content (AvgIpc) is 3.21. The zero-order valence-electron chi connectivity index (χ0n) is 12.5. The van der Waals surface area contributed by atoms with E-state index in [1.54, 1.807) is 0 Å². The highest BCUT2D eigenvalue weighted by molar-refractivity contribution is 5.76. The van der Waals surface area contributed by atoms with E-state index in [1.165, 1.54) is 6.07 Å². The molecule has 1 N–H and O–H groups in total. The highest BCUT2D eigenvalue weighted by Crippen LogP contribution is 2.42. The van der Waals surface area contributed by atoms with Crippen LogP contribution in [0.5, 0.6) is 0 Å². The second-order valence-corrected chi connectivity index (χ2v) is 6.22. The molecule has 1 aliphatic carbocycles. The van der Waals surface area contributed by atoms with Crippen molar-refractivity contribution in [1.29, 1.82) is 0 Å². The highest BCUT2D eigenvalue weighted by Gasteiger charge is 2.35. The van der Waals surface area contributed by atoms with E-state index in [-0.39, 0.29) is 23.5 Å². The molecule has 1 saturated heterocycles. The van der Waals surface area contributed by atoms with Gasteiger partial charge in [-0.1, -0.05) is 0 Å². The average molecular weight is 309 g/mol. The summed E-state index contributed by atoms with van der Waals surface area (Å²) >= 11 is 0. The minimum absolute atomic E-state index is 0.115. The molecule has 3 nitrogen and oxygen atoms in total. The van der Waals surface area contributed by atoms with E-state index >= 15 is 0 Å². The Hall–Kier alpha value is -1.49. The third kappa shape index (κ3) is 3.83. The molecule has 120 valence electrons. The number of amides is 1. The summed E-state index contributed by atoms with van der Waals surface area (Å²) in [6.07, 6.45) is 5.14.